The molecule has 0 bridgehead atoms. The quantitative estimate of drug-likeness (QED) is 0.563. The third-order valence-electron chi connectivity index (χ3n) is 4.66. The molecule has 0 aliphatic heterocycles. The number of benzene rings is 3. The van der Waals surface area contributed by atoms with Crippen molar-refractivity contribution < 1.29 is 9.18 Å². The number of fused-ring (bicyclic) bond motifs is 1. The third-order valence-corrected chi connectivity index (χ3v) is 4.66. The van der Waals surface area contributed by atoms with Gasteiger partial charge in [0, 0.05) is 11.9 Å². The molecule has 1 amide bonds. The predicted octanol–water partition coefficient (Wildman–Crippen LogP) is 4.71. The lowest BCUT2D eigenvalue weighted by atomic mass is 10.1. The van der Waals surface area contributed by atoms with Crippen molar-refractivity contribution in [1.82, 2.24) is 15.1 Å². The van der Waals surface area contributed by atoms with Crippen LogP contribution in [0.1, 0.15) is 27.0 Å². The molecule has 0 atom stereocenters. The first kappa shape index (κ1) is 17.9. The minimum absolute atomic E-state index is 0.150. The molecule has 1 N–H and O–H groups in total. The molecule has 0 spiro atoms. The summed E-state index contributed by atoms with van der Waals surface area (Å²) in [6.45, 7) is 4.55. The summed E-state index contributed by atoms with van der Waals surface area (Å²) in [4.78, 5) is 12.8. The van der Waals surface area contributed by atoms with E-state index in [1.54, 1.807) is 29.1 Å². The predicted molar refractivity (Wildman–Crippen MR) is 108 cm³/mol. The zero-order valence-corrected chi connectivity index (χ0v) is 15.7. The van der Waals surface area contributed by atoms with Crippen LogP contribution in [0.5, 0.6) is 0 Å². The molecule has 0 radical (unpaired) electrons. The van der Waals surface area contributed by atoms with Crippen LogP contribution in [0.4, 0.5) is 4.39 Å². The van der Waals surface area contributed by atoms with Crippen molar-refractivity contribution in [3.8, 4) is 5.69 Å². The molecular formula is C23H20FN3O. The van der Waals surface area contributed by atoms with Gasteiger partial charge in [0.15, 0.2) is 0 Å². The topological polar surface area (TPSA) is 46.9 Å². The second-order valence-corrected chi connectivity index (χ2v) is 6.95. The summed E-state index contributed by atoms with van der Waals surface area (Å²) in [5, 5.41) is 8.14. The summed E-state index contributed by atoms with van der Waals surface area (Å²) < 4.78 is 14.9. The van der Waals surface area contributed by atoms with Gasteiger partial charge in [0.1, 0.15) is 5.82 Å². The number of hydrogen-bond donors (Lipinski definition) is 1. The van der Waals surface area contributed by atoms with E-state index in [2.05, 4.69) is 28.6 Å². The lowest BCUT2D eigenvalue weighted by Gasteiger charge is -2.09. The molecule has 0 fully saturated rings. The number of hydrogen-bond acceptors (Lipinski definition) is 2. The molecular weight excluding hydrogens is 353 g/mol. The van der Waals surface area contributed by atoms with Gasteiger partial charge in [-0.3, -0.25) is 4.79 Å². The van der Waals surface area contributed by atoms with Crippen LogP contribution in [0.25, 0.3) is 16.6 Å². The van der Waals surface area contributed by atoms with Crippen molar-refractivity contribution in [2.45, 2.75) is 20.4 Å². The molecule has 0 aliphatic carbocycles. The molecule has 1 aromatic heterocycles. The first-order chi connectivity index (χ1) is 13.5. The summed E-state index contributed by atoms with van der Waals surface area (Å²) in [5.41, 5.74) is 5.52. The standard InChI is InChI=1S/C23H20FN3O/c1-15-10-16(2)12-17(11-15)13-25-23(28)20-4-3-5-22-21(20)14-26-27(22)19-8-6-18(24)7-9-19/h3-12,14H,13H2,1-2H3,(H,25,28). The van der Waals surface area contributed by atoms with E-state index in [4.69, 9.17) is 0 Å². The van der Waals surface area contributed by atoms with E-state index in [0.29, 0.717) is 12.1 Å². The second kappa shape index (κ2) is 7.27. The summed E-state index contributed by atoms with van der Waals surface area (Å²) in [6.07, 6.45) is 1.67. The van der Waals surface area contributed by atoms with Gasteiger partial charge in [0.25, 0.3) is 5.91 Å². The Kier molecular flexibility index (Phi) is 4.65. The van der Waals surface area contributed by atoms with Crippen LogP contribution in [0.2, 0.25) is 0 Å². The summed E-state index contributed by atoms with van der Waals surface area (Å²) in [5.74, 6) is -0.449. The first-order valence-electron chi connectivity index (χ1n) is 9.09. The van der Waals surface area contributed by atoms with E-state index >= 15 is 0 Å². The van der Waals surface area contributed by atoms with Gasteiger partial charge in [0.05, 0.1) is 23.0 Å². The van der Waals surface area contributed by atoms with Crippen LogP contribution in [0, 0.1) is 19.7 Å². The van der Waals surface area contributed by atoms with Crippen molar-refractivity contribution >= 4 is 16.8 Å². The molecule has 3 aromatic carbocycles. The van der Waals surface area contributed by atoms with Crippen molar-refractivity contribution in [2.75, 3.05) is 0 Å². The Labute approximate surface area is 162 Å². The van der Waals surface area contributed by atoms with Gasteiger partial charge in [-0.2, -0.15) is 5.10 Å². The molecule has 0 saturated heterocycles. The van der Waals surface area contributed by atoms with Crippen LogP contribution in [-0.4, -0.2) is 15.7 Å². The van der Waals surface area contributed by atoms with E-state index in [1.807, 2.05) is 26.0 Å². The lowest BCUT2D eigenvalue weighted by molar-refractivity contribution is 0.0952. The summed E-state index contributed by atoms with van der Waals surface area (Å²) in [7, 11) is 0. The normalized spacial score (nSPS) is 11.0. The fourth-order valence-corrected chi connectivity index (χ4v) is 3.49. The highest BCUT2D eigenvalue weighted by atomic mass is 19.1. The molecule has 4 rings (SSSR count). The summed E-state index contributed by atoms with van der Waals surface area (Å²) >= 11 is 0. The smallest absolute Gasteiger partial charge is 0.252 e. The molecule has 140 valence electrons. The molecule has 4 aromatic rings. The Morgan fingerprint density at radius 1 is 1.04 bits per heavy atom. The number of aromatic nitrogens is 2. The fourth-order valence-electron chi connectivity index (χ4n) is 3.49. The molecule has 28 heavy (non-hydrogen) atoms. The highest BCUT2D eigenvalue weighted by Gasteiger charge is 2.14. The largest absolute Gasteiger partial charge is 0.348 e. The fraction of sp³-hybridized carbons (Fsp3) is 0.130. The molecule has 1 heterocycles. The van der Waals surface area contributed by atoms with E-state index in [1.165, 1.54) is 23.3 Å². The first-order valence-corrected chi connectivity index (χ1v) is 9.09. The molecule has 0 unspecified atom stereocenters. The van der Waals surface area contributed by atoms with Gasteiger partial charge in [-0.05, 0) is 55.8 Å². The Morgan fingerprint density at radius 3 is 2.46 bits per heavy atom. The maximum absolute atomic E-state index is 13.2. The van der Waals surface area contributed by atoms with Crippen LogP contribution in [-0.2, 0) is 6.54 Å². The second-order valence-electron chi connectivity index (χ2n) is 6.95. The Morgan fingerprint density at radius 2 is 1.75 bits per heavy atom. The van der Waals surface area contributed by atoms with Crippen molar-refractivity contribution in [3.05, 3.63) is 94.9 Å². The van der Waals surface area contributed by atoms with Crippen molar-refractivity contribution in [2.24, 2.45) is 0 Å². The highest BCUT2D eigenvalue weighted by molar-refractivity contribution is 6.06. The molecule has 0 aliphatic rings. The number of nitrogens with zero attached hydrogens (tertiary/aromatic N) is 2. The third kappa shape index (κ3) is 3.51. The van der Waals surface area contributed by atoms with Crippen LogP contribution in [0.3, 0.4) is 0 Å². The monoisotopic (exact) mass is 373 g/mol. The van der Waals surface area contributed by atoms with Crippen LogP contribution >= 0.6 is 0 Å². The Balaban J connectivity index is 1.62. The maximum Gasteiger partial charge on any atom is 0.252 e. The number of nitrogens with one attached hydrogen (secondary N) is 1. The molecule has 0 saturated carbocycles. The van der Waals surface area contributed by atoms with Gasteiger partial charge < -0.3 is 5.32 Å². The van der Waals surface area contributed by atoms with E-state index in [-0.39, 0.29) is 11.7 Å². The molecule has 4 nitrogen and oxygen atoms in total. The SMILES string of the molecule is Cc1cc(C)cc(CNC(=O)c2cccc3c2cnn3-c2ccc(F)cc2)c1. The lowest BCUT2D eigenvalue weighted by Crippen LogP contribution is -2.23. The Bertz CT molecular complexity index is 1140. The van der Waals surface area contributed by atoms with Crippen molar-refractivity contribution in [1.29, 1.82) is 0 Å². The zero-order valence-electron chi connectivity index (χ0n) is 15.7. The Hall–Kier alpha value is -3.47. The van der Waals surface area contributed by atoms with Crippen LogP contribution < -0.4 is 5.32 Å². The van der Waals surface area contributed by atoms with Gasteiger partial charge in [-0.25, -0.2) is 9.07 Å². The number of carbonyl (C=O) groups is 1. The highest BCUT2D eigenvalue weighted by Crippen LogP contribution is 2.22. The average Bonchev–Trinajstić information content (AvgIpc) is 3.10. The maximum atomic E-state index is 13.2. The van der Waals surface area contributed by atoms with Crippen LogP contribution in [0.15, 0.2) is 66.9 Å². The number of carbonyl (C=O) groups excluding carboxylic acids is 1. The number of amides is 1. The molecule has 5 heteroatoms. The average molecular weight is 373 g/mol. The number of halogens is 1. The van der Waals surface area contributed by atoms with Gasteiger partial charge in [-0.1, -0.05) is 35.4 Å². The number of rotatable bonds is 4. The van der Waals surface area contributed by atoms with E-state index in [9.17, 15) is 9.18 Å². The van der Waals surface area contributed by atoms with Gasteiger partial charge >= 0.3 is 0 Å². The van der Waals surface area contributed by atoms with Gasteiger partial charge in [0.2, 0.25) is 0 Å². The minimum atomic E-state index is -0.299. The zero-order chi connectivity index (χ0) is 19.7. The number of aryl methyl sites for hydroxylation is 2. The van der Waals surface area contributed by atoms with E-state index in [0.717, 1.165) is 22.2 Å². The minimum Gasteiger partial charge on any atom is -0.348 e. The summed E-state index contributed by atoms with van der Waals surface area (Å²) in [6, 6.07) is 17.9. The van der Waals surface area contributed by atoms with E-state index < -0.39 is 0 Å². The van der Waals surface area contributed by atoms with Gasteiger partial charge in [-0.15, -0.1) is 0 Å². The van der Waals surface area contributed by atoms with Crippen molar-refractivity contribution in [3.63, 3.8) is 0 Å².